The van der Waals surface area contributed by atoms with Crippen LogP contribution >= 0.6 is 0 Å². The minimum absolute atomic E-state index is 0.0627. The van der Waals surface area contributed by atoms with Crippen LogP contribution in [-0.2, 0) is 11.2 Å². The molecule has 1 atom stereocenters. The van der Waals surface area contributed by atoms with Crippen LogP contribution < -0.4 is 0 Å². The van der Waals surface area contributed by atoms with E-state index in [2.05, 4.69) is 17.0 Å². The fourth-order valence-electron chi connectivity index (χ4n) is 3.49. The number of nitrogens with zero attached hydrogens (tertiary/aromatic N) is 3. The summed E-state index contributed by atoms with van der Waals surface area (Å²) in [5, 5.41) is 4.51. The molecule has 120 valence electrons. The summed E-state index contributed by atoms with van der Waals surface area (Å²) in [6, 6.07) is 0. The summed E-state index contributed by atoms with van der Waals surface area (Å²) in [7, 11) is 2.05. The highest BCUT2D eigenvalue weighted by Crippen LogP contribution is 2.31. The third kappa shape index (κ3) is 2.56. The van der Waals surface area contributed by atoms with Crippen molar-refractivity contribution in [1.29, 1.82) is 0 Å². The molecule has 1 aromatic rings. The van der Waals surface area contributed by atoms with E-state index in [1.165, 1.54) is 0 Å². The zero-order valence-electron chi connectivity index (χ0n) is 13.3. The van der Waals surface area contributed by atoms with Gasteiger partial charge in [-0.05, 0) is 52.6 Å². The molecular formula is C16H23N3O3. The average molecular weight is 305 g/mol. The molecule has 3 rings (SSSR count). The van der Waals surface area contributed by atoms with Gasteiger partial charge in [-0.25, -0.2) is 9.48 Å². The van der Waals surface area contributed by atoms with Gasteiger partial charge in [-0.15, -0.1) is 0 Å². The van der Waals surface area contributed by atoms with Crippen LogP contribution in [0.5, 0.6) is 0 Å². The quantitative estimate of drug-likeness (QED) is 0.801. The molecule has 6 heteroatoms. The van der Waals surface area contributed by atoms with E-state index in [4.69, 9.17) is 4.74 Å². The number of piperidine rings is 1. The number of esters is 1. The number of carbonyl (C=O) groups is 2. The fourth-order valence-corrected chi connectivity index (χ4v) is 3.49. The van der Waals surface area contributed by atoms with Crippen molar-refractivity contribution < 1.29 is 14.3 Å². The lowest BCUT2D eigenvalue weighted by Gasteiger charge is -2.33. The maximum Gasteiger partial charge on any atom is 0.359 e. The molecule has 1 aromatic heterocycles. The Hall–Kier alpha value is -1.69. The van der Waals surface area contributed by atoms with Crippen molar-refractivity contribution in [2.24, 2.45) is 0 Å². The summed E-state index contributed by atoms with van der Waals surface area (Å²) in [5.41, 5.74) is 1.76. The summed E-state index contributed by atoms with van der Waals surface area (Å²) in [6.45, 7) is 3.08. The van der Waals surface area contributed by atoms with Crippen molar-refractivity contribution in [2.75, 3.05) is 20.2 Å². The van der Waals surface area contributed by atoms with Crippen LogP contribution in [0.15, 0.2) is 0 Å². The van der Waals surface area contributed by atoms with Gasteiger partial charge < -0.3 is 4.74 Å². The number of hydrogen-bond acceptors (Lipinski definition) is 5. The second-order valence-corrected chi connectivity index (χ2v) is 6.07. The van der Waals surface area contributed by atoms with Crippen molar-refractivity contribution in [2.45, 2.75) is 51.6 Å². The second-order valence-electron chi connectivity index (χ2n) is 6.07. The number of carbonyl (C=O) groups excluding carboxylic acids is 2. The third-order valence-electron chi connectivity index (χ3n) is 4.59. The average Bonchev–Trinajstić information content (AvgIpc) is 2.89. The van der Waals surface area contributed by atoms with E-state index in [0.717, 1.165) is 44.2 Å². The van der Waals surface area contributed by atoms with E-state index in [9.17, 15) is 9.59 Å². The minimum Gasteiger partial charge on any atom is -0.461 e. The van der Waals surface area contributed by atoms with Crippen LogP contribution in [0.1, 0.15) is 71.7 Å². The summed E-state index contributed by atoms with van der Waals surface area (Å²) < 4.78 is 6.91. The number of ketones is 1. The molecule has 0 aromatic carbocycles. The Bertz CT molecular complexity index is 594. The number of Topliss-reactive ketones (excluding diaryl/α,β-unsaturated/α-hetero) is 1. The summed E-state index contributed by atoms with van der Waals surface area (Å²) in [4.78, 5) is 26.8. The van der Waals surface area contributed by atoms with Crippen molar-refractivity contribution in [3.8, 4) is 0 Å². The highest BCUT2D eigenvalue weighted by atomic mass is 16.5. The zero-order valence-corrected chi connectivity index (χ0v) is 13.3. The van der Waals surface area contributed by atoms with Gasteiger partial charge in [-0.1, -0.05) is 0 Å². The molecule has 0 saturated carbocycles. The van der Waals surface area contributed by atoms with Crippen molar-refractivity contribution in [3.63, 3.8) is 0 Å². The van der Waals surface area contributed by atoms with Crippen LogP contribution in [0.2, 0.25) is 0 Å². The Labute approximate surface area is 130 Å². The van der Waals surface area contributed by atoms with Crippen LogP contribution in [-0.4, -0.2) is 46.6 Å². The smallest absolute Gasteiger partial charge is 0.359 e. The minimum atomic E-state index is -0.411. The Morgan fingerprint density at radius 3 is 2.86 bits per heavy atom. The Balaban J connectivity index is 2.05. The predicted molar refractivity (Wildman–Crippen MR) is 81.0 cm³/mol. The van der Waals surface area contributed by atoms with E-state index in [1.807, 2.05) is 0 Å². The first kappa shape index (κ1) is 15.2. The van der Waals surface area contributed by atoms with Crippen LogP contribution in [0.25, 0.3) is 0 Å². The number of rotatable bonds is 3. The first-order valence-electron chi connectivity index (χ1n) is 8.15. The molecule has 0 N–H and O–H groups in total. The van der Waals surface area contributed by atoms with Crippen LogP contribution in [0.4, 0.5) is 0 Å². The van der Waals surface area contributed by atoms with Gasteiger partial charge in [0.05, 0.1) is 6.61 Å². The number of likely N-dealkylation sites (tertiary alicyclic amines) is 1. The lowest BCUT2D eigenvalue weighted by molar-refractivity contribution is 0.0512. The summed E-state index contributed by atoms with van der Waals surface area (Å²) in [6.07, 6.45) is 5.35. The van der Waals surface area contributed by atoms with E-state index < -0.39 is 5.97 Å². The predicted octanol–water partition coefficient (Wildman–Crippen LogP) is 2.19. The van der Waals surface area contributed by atoms with Crippen LogP contribution in [0.3, 0.4) is 0 Å². The molecule has 6 nitrogen and oxygen atoms in total. The van der Waals surface area contributed by atoms with Gasteiger partial charge in [0, 0.05) is 12.0 Å². The van der Waals surface area contributed by atoms with Gasteiger partial charge >= 0.3 is 5.97 Å². The molecule has 0 spiro atoms. The molecule has 22 heavy (non-hydrogen) atoms. The normalized spacial score (nSPS) is 22.5. The first-order valence-corrected chi connectivity index (χ1v) is 8.15. The van der Waals surface area contributed by atoms with Crippen LogP contribution in [0, 0.1) is 0 Å². The molecule has 0 bridgehead atoms. The largest absolute Gasteiger partial charge is 0.461 e. The van der Waals surface area contributed by atoms with E-state index in [0.29, 0.717) is 24.4 Å². The monoisotopic (exact) mass is 305 g/mol. The zero-order chi connectivity index (χ0) is 15.7. The van der Waals surface area contributed by atoms with Gasteiger partial charge in [-0.2, -0.15) is 5.10 Å². The number of ether oxygens (including phenoxy) is 1. The second kappa shape index (κ2) is 6.20. The molecule has 2 aliphatic rings. The molecule has 1 aliphatic heterocycles. The topological polar surface area (TPSA) is 64.4 Å². The van der Waals surface area contributed by atoms with Crippen molar-refractivity contribution in [3.05, 3.63) is 17.0 Å². The number of aromatic nitrogens is 2. The molecule has 2 heterocycles. The summed E-state index contributed by atoms with van der Waals surface area (Å²) in [5.74, 6) is -0.311. The van der Waals surface area contributed by atoms with Gasteiger partial charge in [0.25, 0.3) is 0 Å². The van der Waals surface area contributed by atoms with Crippen molar-refractivity contribution >= 4 is 11.8 Å². The van der Waals surface area contributed by atoms with Gasteiger partial charge in [0.1, 0.15) is 11.9 Å². The van der Waals surface area contributed by atoms with E-state index in [1.54, 1.807) is 11.6 Å². The fraction of sp³-hybridized carbons (Fsp3) is 0.688. The third-order valence-corrected chi connectivity index (χ3v) is 4.59. The maximum atomic E-state index is 12.4. The number of hydrogen-bond donors (Lipinski definition) is 0. The standard InChI is InChI=1S/C16H23N3O3/c1-3-22-16(21)14-11-7-6-8-12(20)15(11)19(17-14)13-9-4-5-10-18(13)2/h13H,3-10H2,1-2H3. The lowest BCUT2D eigenvalue weighted by Crippen LogP contribution is -2.36. The molecule has 0 amide bonds. The highest BCUT2D eigenvalue weighted by Gasteiger charge is 2.34. The number of fused-ring (bicyclic) bond motifs is 1. The van der Waals surface area contributed by atoms with E-state index >= 15 is 0 Å². The van der Waals surface area contributed by atoms with Crippen molar-refractivity contribution in [1.82, 2.24) is 14.7 Å². The highest BCUT2D eigenvalue weighted by molar-refractivity contribution is 6.00. The Kier molecular flexibility index (Phi) is 4.29. The molecule has 1 aliphatic carbocycles. The molecule has 1 unspecified atom stereocenters. The molecule has 0 radical (unpaired) electrons. The SMILES string of the molecule is CCOC(=O)c1nn(C2CCCCN2C)c2c1CCCC2=O. The summed E-state index contributed by atoms with van der Waals surface area (Å²) >= 11 is 0. The van der Waals surface area contributed by atoms with E-state index in [-0.39, 0.29) is 11.9 Å². The maximum absolute atomic E-state index is 12.4. The van der Waals surface area contributed by atoms with Gasteiger partial charge in [-0.3, -0.25) is 9.69 Å². The molecular weight excluding hydrogens is 282 g/mol. The lowest BCUT2D eigenvalue weighted by atomic mass is 9.94. The Morgan fingerprint density at radius 2 is 2.14 bits per heavy atom. The first-order chi connectivity index (χ1) is 10.6. The molecule has 1 saturated heterocycles. The molecule has 1 fully saturated rings. The van der Waals surface area contributed by atoms with Gasteiger partial charge in [0.2, 0.25) is 0 Å². The Morgan fingerprint density at radius 1 is 1.32 bits per heavy atom. The van der Waals surface area contributed by atoms with Gasteiger partial charge in [0.15, 0.2) is 11.5 Å².